The number of hydrogen-bond acceptors (Lipinski definition) is 7. The van der Waals surface area contributed by atoms with Gasteiger partial charge in [0.15, 0.2) is 11.6 Å². The van der Waals surface area contributed by atoms with Gasteiger partial charge >= 0.3 is 0 Å². The molecule has 0 saturated carbocycles. The van der Waals surface area contributed by atoms with Gasteiger partial charge in [-0.2, -0.15) is 0 Å². The molecular weight excluding hydrogens is 376 g/mol. The Morgan fingerprint density at radius 1 is 1.07 bits per heavy atom. The van der Waals surface area contributed by atoms with Crippen LogP contribution >= 0.6 is 0 Å². The Morgan fingerprint density at radius 3 is 2.61 bits per heavy atom. The van der Waals surface area contributed by atoms with Gasteiger partial charge in [-0.3, -0.25) is 0 Å². The molecule has 0 radical (unpaired) electrons. The summed E-state index contributed by atoms with van der Waals surface area (Å²) in [7, 11) is 0. The fourth-order valence-electron chi connectivity index (χ4n) is 3.59. The van der Waals surface area contributed by atoms with E-state index in [0.717, 1.165) is 47.8 Å². The second-order valence-corrected chi connectivity index (χ2v) is 8.42. The first kappa shape index (κ1) is 17.7. The first-order chi connectivity index (χ1) is 13.8. The maximum atomic E-state index is 12.5. The molecule has 0 amide bonds. The highest BCUT2D eigenvalue weighted by Crippen LogP contribution is 2.34. The number of hydrogen-bond donors (Lipinski definition) is 1. The number of aryl methyl sites for hydroxylation is 1. The molecule has 1 atom stereocenters. The zero-order valence-corrected chi connectivity index (χ0v) is 16.1. The topological polar surface area (TPSA) is 96.1 Å². The van der Waals surface area contributed by atoms with Gasteiger partial charge in [0.2, 0.25) is 10.8 Å². The quantitative estimate of drug-likeness (QED) is 0.677. The molecule has 2 aliphatic rings. The molecule has 8 heteroatoms. The van der Waals surface area contributed by atoms with Crippen LogP contribution in [-0.4, -0.2) is 44.5 Å². The van der Waals surface area contributed by atoms with Crippen molar-refractivity contribution >= 4 is 17.0 Å². The molecule has 0 aliphatic carbocycles. The van der Waals surface area contributed by atoms with Gasteiger partial charge < -0.3 is 19.0 Å². The number of aromatic nitrogens is 3. The zero-order valence-electron chi connectivity index (χ0n) is 15.3. The summed E-state index contributed by atoms with van der Waals surface area (Å²) < 4.78 is 23.3. The van der Waals surface area contributed by atoms with E-state index in [4.69, 9.17) is 19.1 Å². The summed E-state index contributed by atoms with van der Waals surface area (Å²) >= 11 is -1.04. The molecule has 0 unspecified atom stereocenters. The minimum atomic E-state index is -1.04. The molecule has 1 N–H and O–H groups in total. The third-order valence-corrected chi connectivity index (χ3v) is 6.53. The van der Waals surface area contributed by atoms with Crippen molar-refractivity contribution in [2.24, 2.45) is 0 Å². The third-order valence-electron chi connectivity index (χ3n) is 5.07. The van der Waals surface area contributed by atoms with Crippen molar-refractivity contribution in [2.75, 3.05) is 24.3 Å². The van der Waals surface area contributed by atoms with E-state index < -0.39 is 11.2 Å². The second kappa shape index (κ2) is 7.54. The lowest BCUT2D eigenvalue weighted by Crippen LogP contribution is -2.29. The highest BCUT2D eigenvalue weighted by molar-refractivity contribution is 7.91. The summed E-state index contributed by atoms with van der Waals surface area (Å²) in [5.41, 5.74) is 2.69. The molecule has 144 valence electrons. The predicted octanol–water partition coefficient (Wildman–Crippen LogP) is 3.05. The molecule has 2 aromatic heterocycles. The molecule has 1 fully saturated rings. The van der Waals surface area contributed by atoms with E-state index in [9.17, 15) is 4.55 Å². The van der Waals surface area contributed by atoms with Crippen LogP contribution in [0.15, 0.2) is 46.0 Å². The monoisotopic (exact) mass is 396 g/mol. The first-order valence-corrected chi connectivity index (χ1v) is 10.7. The van der Waals surface area contributed by atoms with E-state index in [1.54, 1.807) is 12.5 Å². The molecule has 28 heavy (non-hydrogen) atoms. The van der Waals surface area contributed by atoms with Crippen LogP contribution in [0.3, 0.4) is 0 Å². The molecule has 7 nitrogen and oxygen atoms in total. The molecule has 2 aliphatic heterocycles. The van der Waals surface area contributed by atoms with Gasteiger partial charge in [0.1, 0.15) is 17.7 Å². The van der Waals surface area contributed by atoms with Crippen LogP contribution < -0.4 is 5.32 Å². The SMILES string of the molecule is [O-][S@+]1CCc2nc(-c3ccc(-c4ncco4)cc3)nc(NC3CCOCC3)c21. The normalized spacial score (nSPS) is 19.5. The molecule has 1 saturated heterocycles. The average Bonchev–Trinajstić information content (AvgIpc) is 3.39. The lowest BCUT2D eigenvalue weighted by Gasteiger charge is -2.24. The summed E-state index contributed by atoms with van der Waals surface area (Å²) in [6.07, 6.45) is 5.74. The van der Waals surface area contributed by atoms with Gasteiger partial charge in [-0.25, -0.2) is 15.0 Å². The maximum Gasteiger partial charge on any atom is 0.225 e. The van der Waals surface area contributed by atoms with E-state index in [1.807, 2.05) is 24.3 Å². The minimum absolute atomic E-state index is 0.283. The van der Waals surface area contributed by atoms with Crippen LogP contribution in [0.4, 0.5) is 5.82 Å². The molecule has 0 bridgehead atoms. The van der Waals surface area contributed by atoms with E-state index in [1.165, 1.54) is 0 Å². The average molecular weight is 396 g/mol. The van der Waals surface area contributed by atoms with Crippen molar-refractivity contribution in [3.8, 4) is 22.8 Å². The lowest BCUT2D eigenvalue weighted by atomic mass is 10.1. The van der Waals surface area contributed by atoms with Gasteiger partial charge in [0.25, 0.3) is 0 Å². The van der Waals surface area contributed by atoms with Crippen LogP contribution in [0.25, 0.3) is 22.8 Å². The highest BCUT2D eigenvalue weighted by atomic mass is 32.2. The van der Waals surface area contributed by atoms with Crippen molar-refractivity contribution in [1.82, 2.24) is 15.0 Å². The highest BCUT2D eigenvalue weighted by Gasteiger charge is 2.33. The largest absolute Gasteiger partial charge is 0.611 e. The Balaban J connectivity index is 1.48. The van der Waals surface area contributed by atoms with E-state index in [0.29, 0.717) is 29.7 Å². The lowest BCUT2D eigenvalue weighted by molar-refractivity contribution is 0.0903. The molecule has 4 heterocycles. The van der Waals surface area contributed by atoms with E-state index >= 15 is 0 Å². The molecule has 1 aromatic carbocycles. The number of anilines is 1. The predicted molar refractivity (Wildman–Crippen MR) is 105 cm³/mol. The summed E-state index contributed by atoms with van der Waals surface area (Å²) in [6, 6.07) is 8.10. The maximum absolute atomic E-state index is 12.5. The van der Waals surface area contributed by atoms with Crippen molar-refractivity contribution in [3.05, 3.63) is 42.4 Å². The Bertz CT molecular complexity index is 956. The number of nitrogens with zero attached hydrogens (tertiary/aromatic N) is 3. The molecule has 3 aromatic rings. The fourth-order valence-corrected chi connectivity index (χ4v) is 4.90. The van der Waals surface area contributed by atoms with Crippen LogP contribution in [0.1, 0.15) is 18.5 Å². The number of rotatable bonds is 4. The van der Waals surface area contributed by atoms with E-state index in [2.05, 4.69) is 10.3 Å². The van der Waals surface area contributed by atoms with Gasteiger partial charge in [-0.1, -0.05) is 12.1 Å². The van der Waals surface area contributed by atoms with Crippen molar-refractivity contribution in [1.29, 1.82) is 0 Å². The fraction of sp³-hybridized carbons (Fsp3) is 0.350. The standard InChI is InChI=1S/C20H20N4O3S/c25-28-12-7-16-17(28)19(22-15-5-9-26-10-6-15)24-18(23-16)13-1-3-14(4-2-13)20-21-8-11-27-20/h1-4,8,11,15H,5-7,9-10,12H2,(H,22,23,24)/t28-/m1/s1. The number of fused-ring (bicyclic) bond motifs is 1. The summed E-state index contributed by atoms with van der Waals surface area (Å²) in [6.45, 7) is 1.48. The summed E-state index contributed by atoms with van der Waals surface area (Å²) in [4.78, 5) is 14.4. The smallest absolute Gasteiger partial charge is 0.225 e. The Hall–Kier alpha value is -2.42. The van der Waals surface area contributed by atoms with Crippen LogP contribution in [0, 0.1) is 0 Å². The summed E-state index contributed by atoms with van der Waals surface area (Å²) in [5.74, 6) is 2.54. The number of nitrogens with one attached hydrogen (secondary N) is 1. The number of benzene rings is 1. The van der Waals surface area contributed by atoms with Crippen LogP contribution in [0.2, 0.25) is 0 Å². The van der Waals surface area contributed by atoms with Crippen molar-refractivity contribution in [2.45, 2.75) is 30.2 Å². The minimum Gasteiger partial charge on any atom is -0.611 e. The van der Waals surface area contributed by atoms with Crippen LogP contribution in [0.5, 0.6) is 0 Å². The number of ether oxygens (including phenoxy) is 1. The van der Waals surface area contributed by atoms with Gasteiger partial charge in [-0.05, 0) is 36.2 Å². The van der Waals surface area contributed by atoms with Gasteiger partial charge in [0.05, 0.1) is 6.20 Å². The number of oxazole rings is 1. The molecule has 5 rings (SSSR count). The zero-order chi connectivity index (χ0) is 18.9. The first-order valence-electron chi connectivity index (χ1n) is 9.42. The molecule has 0 spiro atoms. The third kappa shape index (κ3) is 3.39. The van der Waals surface area contributed by atoms with Gasteiger partial charge in [0, 0.05) is 36.8 Å². The Kier molecular flexibility index (Phi) is 4.76. The van der Waals surface area contributed by atoms with Gasteiger partial charge in [-0.15, -0.1) is 0 Å². The Morgan fingerprint density at radius 2 is 1.86 bits per heavy atom. The summed E-state index contributed by atoms with van der Waals surface area (Å²) in [5, 5.41) is 3.51. The van der Waals surface area contributed by atoms with Crippen molar-refractivity contribution in [3.63, 3.8) is 0 Å². The molecular formula is C20H20N4O3S. The van der Waals surface area contributed by atoms with Crippen LogP contribution in [-0.2, 0) is 22.3 Å². The van der Waals surface area contributed by atoms with E-state index in [-0.39, 0.29) is 6.04 Å². The van der Waals surface area contributed by atoms with Crippen molar-refractivity contribution < 1.29 is 13.7 Å². The Labute approximate surface area is 165 Å². The second-order valence-electron chi connectivity index (χ2n) is 6.92.